The second-order valence-electron chi connectivity index (χ2n) is 4.85. The molecule has 1 unspecified atom stereocenters. The molecule has 0 saturated heterocycles. The number of hydrogen-bond donors (Lipinski definition) is 2. The molecule has 0 spiro atoms. The number of pyridine rings is 1. The maximum Gasteiger partial charge on any atom is 0.354 e. The first-order chi connectivity index (χ1) is 10.1. The topological polar surface area (TPSA) is 74.8 Å². The van der Waals surface area contributed by atoms with Crippen LogP contribution in [0.15, 0.2) is 48.7 Å². The zero-order valence-electron chi connectivity index (χ0n) is 11.4. The standard InChI is InChI=1S/C16H14N2O3/c1-10-14(16(20)21)18-8-7-12(9-13(18)17-10)15(19)11-5-3-2-4-6-11/h2-9,15,19H,1H3,(H,20,21). The molecule has 2 aromatic heterocycles. The SMILES string of the molecule is Cc1nc2cc(C(O)c3ccccc3)ccn2c1C(=O)O. The minimum atomic E-state index is -1.02. The van der Waals surface area contributed by atoms with Crippen molar-refractivity contribution < 1.29 is 15.0 Å². The molecule has 0 radical (unpaired) electrons. The maximum atomic E-state index is 11.2. The van der Waals surface area contributed by atoms with Crippen molar-refractivity contribution in [2.24, 2.45) is 0 Å². The van der Waals surface area contributed by atoms with E-state index >= 15 is 0 Å². The highest BCUT2D eigenvalue weighted by Crippen LogP contribution is 2.23. The van der Waals surface area contributed by atoms with Crippen LogP contribution in [0.5, 0.6) is 0 Å². The van der Waals surface area contributed by atoms with E-state index in [1.54, 1.807) is 25.3 Å². The lowest BCUT2D eigenvalue weighted by Gasteiger charge is -2.11. The molecule has 3 aromatic rings. The minimum Gasteiger partial charge on any atom is -0.477 e. The second kappa shape index (κ2) is 5.03. The predicted molar refractivity (Wildman–Crippen MR) is 77.4 cm³/mol. The van der Waals surface area contributed by atoms with Crippen LogP contribution < -0.4 is 0 Å². The number of aromatic nitrogens is 2. The van der Waals surface area contributed by atoms with Gasteiger partial charge in [0.05, 0.1) is 5.69 Å². The smallest absolute Gasteiger partial charge is 0.354 e. The number of rotatable bonds is 3. The summed E-state index contributed by atoms with van der Waals surface area (Å²) in [5, 5.41) is 19.6. The van der Waals surface area contributed by atoms with E-state index in [-0.39, 0.29) is 5.69 Å². The van der Waals surface area contributed by atoms with Crippen LogP contribution in [0.25, 0.3) is 5.65 Å². The van der Waals surface area contributed by atoms with Gasteiger partial charge in [0, 0.05) is 6.20 Å². The van der Waals surface area contributed by atoms with Crippen molar-refractivity contribution in [3.8, 4) is 0 Å². The van der Waals surface area contributed by atoms with Gasteiger partial charge in [0.15, 0.2) is 5.69 Å². The van der Waals surface area contributed by atoms with Gasteiger partial charge in [-0.3, -0.25) is 4.40 Å². The molecule has 0 aliphatic rings. The Labute approximate surface area is 121 Å². The number of carboxylic acids is 1. The highest BCUT2D eigenvalue weighted by Gasteiger charge is 2.17. The van der Waals surface area contributed by atoms with Gasteiger partial charge in [0.25, 0.3) is 0 Å². The molecule has 1 atom stereocenters. The largest absolute Gasteiger partial charge is 0.477 e. The zero-order chi connectivity index (χ0) is 15.0. The third-order valence-electron chi connectivity index (χ3n) is 3.46. The summed E-state index contributed by atoms with van der Waals surface area (Å²) in [5.74, 6) is -1.02. The molecule has 21 heavy (non-hydrogen) atoms. The van der Waals surface area contributed by atoms with Gasteiger partial charge < -0.3 is 10.2 Å². The van der Waals surface area contributed by atoms with E-state index in [0.29, 0.717) is 16.9 Å². The van der Waals surface area contributed by atoms with E-state index < -0.39 is 12.1 Å². The molecule has 2 N–H and O–H groups in total. The summed E-state index contributed by atoms with van der Waals surface area (Å²) in [4.78, 5) is 15.5. The Balaban J connectivity index is 2.08. The third kappa shape index (κ3) is 2.28. The first kappa shape index (κ1) is 13.3. The average Bonchev–Trinajstić information content (AvgIpc) is 2.82. The lowest BCUT2D eigenvalue weighted by molar-refractivity contribution is 0.0688. The number of hydrogen-bond acceptors (Lipinski definition) is 3. The van der Waals surface area contributed by atoms with Crippen LogP contribution in [0.2, 0.25) is 0 Å². The molecule has 0 saturated carbocycles. The summed E-state index contributed by atoms with van der Waals surface area (Å²) in [5.41, 5.74) is 2.57. The number of carboxylic acid groups (broad SMARTS) is 1. The van der Waals surface area contributed by atoms with Crippen LogP contribution in [0, 0.1) is 6.92 Å². The van der Waals surface area contributed by atoms with Crippen molar-refractivity contribution in [2.75, 3.05) is 0 Å². The molecule has 1 aromatic carbocycles. The van der Waals surface area contributed by atoms with Crippen LogP contribution in [0.1, 0.15) is 33.4 Å². The summed E-state index contributed by atoms with van der Waals surface area (Å²) >= 11 is 0. The van der Waals surface area contributed by atoms with Gasteiger partial charge in [-0.1, -0.05) is 30.3 Å². The number of aromatic carboxylic acids is 1. The zero-order valence-corrected chi connectivity index (χ0v) is 11.4. The molecule has 0 aliphatic heterocycles. The van der Waals surface area contributed by atoms with Crippen LogP contribution in [-0.4, -0.2) is 25.6 Å². The quantitative estimate of drug-likeness (QED) is 0.773. The fraction of sp³-hybridized carbons (Fsp3) is 0.125. The summed E-state index contributed by atoms with van der Waals surface area (Å²) in [6, 6.07) is 12.7. The molecule has 0 bridgehead atoms. The van der Waals surface area contributed by atoms with Gasteiger partial charge in [-0.25, -0.2) is 9.78 Å². The Hall–Kier alpha value is -2.66. The Kier molecular flexibility index (Phi) is 3.19. The van der Waals surface area contributed by atoms with Gasteiger partial charge in [-0.05, 0) is 30.2 Å². The van der Waals surface area contributed by atoms with E-state index in [1.807, 2.05) is 30.3 Å². The molecule has 106 valence electrons. The van der Waals surface area contributed by atoms with Crippen LogP contribution in [0.4, 0.5) is 0 Å². The summed E-state index contributed by atoms with van der Waals surface area (Å²) < 4.78 is 1.51. The van der Waals surface area contributed by atoms with Crippen molar-refractivity contribution in [2.45, 2.75) is 13.0 Å². The van der Waals surface area contributed by atoms with E-state index in [1.165, 1.54) is 4.40 Å². The lowest BCUT2D eigenvalue weighted by Crippen LogP contribution is -2.05. The molecule has 2 heterocycles. The second-order valence-corrected chi connectivity index (χ2v) is 4.85. The summed E-state index contributed by atoms with van der Waals surface area (Å²) in [6.07, 6.45) is 0.863. The van der Waals surface area contributed by atoms with Gasteiger partial charge in [0.2, 0.25) is 0 Å². The number of carbonyl (C=O) groups is 1. The van der Waals surface area contributed by atoms with Gasteiger partial charge in [-0.15, -0.1) is 0 Å². The van der Waals surface area contributed by atoms with Crippen molar-refractivity contribution >= 4 is 11.6 Å². The number of fused-ring (bicyclic) bond motifs is 1. The van der Waals surface area contributed by atoms with Crippen molar-refractivity contribution in [1.82, 2.24) is 9.38 Å². The van der Waals surface area contributed by atoms with Crippen molar-refractivity contribution in [3.05, 3.63) is 71.2 Å². The van der Waals surface area contributed by atoms with Crippen LogP contribution in [0.3, 0.4) is 0 Å². The fourth-order valence-corrected chi connectivity index (χ4v) is 2.43. The number of aryl methyl sites for hydroxylation is 1. The van der Waals surface area contributed by atoms with Crippen LogP contribution >= 0.6 is 0 Å². The molecular weight excluding hydrogens is 268 g/mol. The molecule has 0 fully saturated rings. The average molecular weight is 282 g/mol. The monoisotopic (exact) mass is 282 g/mol. The number of aliphatic hydroxyl groups excluding tert-OH is 1. The van der Waals surface area contributed by atoms with Gasteiger partial charge in [0.1, 0.15) is 11.8 Å². The van der Waals surface area contributed by atoms with Crippen molar-refractivity contribution in [3.63, 3.8) is 0 Å². The molecule has 0 aliphatic carbocycles. The minimum absolute atomic E-state index is 0.144. The van der Waals surface area contributed by atoms with Crippen molar-refractivity contribution in [1.29, 1.82) is 0 Å². The van der Waals surface area contributed by atoms with E-state index in [9.17, 15) is 15.0 Å². The molecule has 5 nitrogen and oxygen atoms in total. The molecule has 5 heteroatoms. The molecule has 3 rings (SSSR count). The highest BCUT2D eigenvalue weighted by molar-refractivity contribution is 5.88. The van der Waals surface area contributed by atoms with E-state index in [2.05, 4.69) is 4.98 Å². The number of aliphatic hydroxyl groups is 1. The Bertz CT molecular complexity index is 809. The summed E-state index contributed by atoms with van der Waals surface area (Å²) in [7, 11) is 0. The maximum absolute atomic E-state index is 11.2. The van der Waals surface area contributed by atoms with Gasteiger partial charge in [-0.2, -0.15) is 0 Å². The van der Waals surface area contributed by atoms with E-state index in [4.69, 9.17) is 0 Å². The lowest BCUT2D eigenvalue weighted by atomic mass is 10.0. The first-order valence-corrected chi connectivity index (χ1v) is 6.53. The first-order valence-electron chi connectivity index (χ1n) is 6.53. The third-order valence-corrected chi connectivity index (χ3v) is 3.46. The molecular formula is C16H14N2O3. The highest BCUT2D eigenvalue weighted by atomic mass is 16.4. The number of imidazole rings is 1. The van der Waals surface area contributed by atoms with Gasteiger partial charge >= 0.3 is 5.97 Å². The fourth-order valence-electron chi connectivity index (χ4n) is 2.43. The Morgan fingerprint density at radius 2 is 1.90 bits per heavy atom. The van der Waals surface area contributed by atoms with E-state index in [0.717, 1.165) is 5.56 Å². The molecule has 0 amide bonds. The summed E-state index contributed by atoms with van der Waals surface area (Å²) in [6.45, 7) is 1.66. The normalized spacial score (nSPS) is 12.5. The Morgan fingerprint density at radius 3 is 2.57 bits per heavy atom. The van der Waals surface area contributed by atoms with Crippen LogP contribution in [-0.2, 0) is 0 Å². The number of benzene rings is 1. The Morgan fingerprint density at radius 1 is 1.19 bits per heavy atom. The predicted octanol–water partition coefficient (Wildman–Crippen LogP) is 2.42. The number of nitrogens with zero attached hydrogens (tertiary/aromatic N) is 2.